The highest BCUT2D eigenvalue weighted by molar-refractivity contribution is 5.97. The first-order chi connectivity index (χ1) is 15.7. The van der Waals surface area contributed by atoms with Gasteiger partial charge in [-0.3, -0.25) is 9.48 Å². The molecule has 0 spiro atoms. The van der Waals surface area contributed by atoms with Gasteiger partial charge in [0.15, 0.2) is 6.17 Å². The average Bonchev–Trinajstić information content (AvgIpc) is 3.14. The molecule has 2 amide bonds. The molecule has 3 N–H and O–H groups in total. The predicted molar refractivity (Wildman–Crippen MR) is 124 cm³/mol. The topological polar surface area (TPSA) is 120 Å². The van der Waals surface area contributed by atoms with Gasteiger partial charge in [0, 0.05) is 24.7 Å². The lowest BCUT2D eigenvalue weighted by Crippen LogP contribution is -2.50. The molecule has 9 nitrogen and oxygen atoms in total. The fourth-order valence-electron chi connectivity index (χ4n) is 3.67. The van der Waals surface area contributed by atoms with Crippen LogP contribution in [0.4, 0.5) is 9.18 Å². The SMILES string of the molecule is CC(C)(O)Cn1cc(-c2ccc(O[C@H]3CCN(C(=O)OC(C)(C)C)C[C@@H]3F)c(C(N)=O)c2)cn1. The number of aromatic nitrogens is 2. The molecule has 186 valence electrons. The highest BCUT2D eigenvalue weighted by Crippen LogP contribution is 2.30. The lowest BCUT2D eigenvalue weighted by molar-refractivity contribution is -0.0106. The second kappa shape index (κ2) is 9.61. The fraction of sp³-hybridized carbons (Fsp3) is 0.542. The molecule has 0 bridgehead atoms. The molecule has 34 heavy (non-hydrogen) atoms. The second-order valence-electron chi connectivity index (χ2n) is 10.2. The number of halogens is 1. The van der Waals surface area contributed by atoms with Gasteiger partial charge in [-0.25, -0.2) is 9.18 Å². The van der Waals surface area contributed by atoms with E-state index < -0.39 is 35.5 Å². The Balaban J connectivity index is 1.72. The molecule has 1 fully saturated rings. The highest BCUT2D eigenvalue weighted by atomic mass is 19.1. The van der Waals surface area contributed by atoms with E-state index in [2.05, 4.69) is 5.10 Å². The van der Waals surface area contributed by atoms with E-state index in [0.717, 1.165) is 5.56 Å². The number of piperidine rings is 1. The molecule has 1 aromatic carbocycles. The van der Waals surface area contributed by atoms with Crippen LogP contribution in [-0.2, 0) is 11.3 Å². The molecular formula is C24H33FN4O5. The molecule has 2 atom stereocenters. The summed E-state index contributed by atoms with van der Waals surface area (Å²) in [5.74, 6) is -0.527. The van der Waals surface area contributed by atoms with Gasteiger partial charge < -0.3 is 25.2 Å². The number of hydrogen-bond acceptors (Lipinski definition) is 6. The van der Waals surface area contributed by atoms with E-state index in [1.807, 2.05) is 0 Å². The second-order valence-corrected chi connectivity index (χ2v) is 10.2. The van der Waals surface area contributed by atoms with Gasteiger partial charge in [0.1, 0.15) is 17.5 Å². The van der Waals surface area contributed by atoms with Crippen LogP contribution in [0.15, 0.2) is 30.6 Å². The van der Waals surface area contributed by atoms with Crippen LogP contribution in [0.25, 0.3) is 11.1 Å². The minimum atomic E-state index is -1.46. The Hall–Kier alpha value is -3.14. The van der Waals surface area contributed by atoms with Crippen molar-refractivity contribution in [3.8, 4) is 16.9 Å². The number of primary amides is 1. The van der Waals surface area contributed by atoms with E-state index in [-0.39, 0.29) is 30.8 Å². The van der Waals surface area contributed by atoms with Crippen molar-refractivity contribution in [2.24, 2.45) is 5.73 Å². The van der Waals surface area contributed by atoms with Gasteiger partial charge >= 0.3 is 6.09 Å². The molecule has 3 rings (SSSR count). The average molecular weight is 477 g/mol. The summed E-state index contributed by atoms with van der Waals surface area (Å²) in [4.78, 5) is 25.7. The zero-order chi connectivity index (χ0) is 25.3. The molecule has 1 aliphatic heterocycles. The quantitative estimate of drug-likeness (QED) is 0.661. The van der Waals surface area contributed by atoms with Crippen molar-refractivity contribution >= 4 is 12.0 Å². The van der Waals surface area contributed by atoms with Crippen molar-refractivity contribution in [1.29, 1.82) is 0 Å². The van der Waals surface area contributed by atoms with Crippen molar-refractivity contribution in [2.75, 3.05) is 13.1 Å². The lowest BCUT2D eigenvalue weighted by atomic mass is 10.0. The number of alkyl halides is 1. The molecule has 1 saturated heterocycles. The third kappa shape index (κ3) is 6.69. The van der Waals surface area contributed by atoms with E-state index in [1.165, 1.54) is 4.90 Å². The summed E-state index contributed by atoms with van der Waals surface area (Å²) in [5, 5.41) is 14.2. The summed E-state index contributed by atoms with van der Waals surface area (Å²) in [5.41, 5.74) is 5.51. The monoisotopic (exact) mass is 476 g/mol. The standard InChI is InChI=1S/C24H33FN4O5/c1-23(2,3)34-22(31)28-9-8-20(18(25)13-28)33-19-7-6-15(10-17(19)21(26)30)16-11-27-29(12-16)14-24(4,5)32/h6-7,10-12,18,20,32H,8-9,13-14H2,1-5H3,(H2,26,30)/t18-,20-/m0/s1. The van der Waals surface area contributed by atoms with Crippen molar-refractivity contribution in [3.63, 3.8) is 0 Å². The third-order valence-corrected chi connectivity index (χ3v) is 5.17. The van der Waals surface area contributed by atoms with Crippen LogP contribution in [0, 0.1) is 0 Å². The Morgan fingerprint density at radius 2 is 1.94 bits per heavy atom. The van der Waals surface area contributed by atoms with Crippen LogP contribution in [0.3, 0.4) is 0 Å². The largest absolute Gasteiger partial charge is 0.486 e. The molecule has 0 saturated carbocycles. The van der Waals surface area contributed by atoms with Crippen molar-refractivity contribution in [1.82, 2.24) is 14.7 Å². The Morgan fingerprint density at radius 3 is 2.53 bits per heavy atom. The molecule has 0 radical (unpaired) electrons. The van der Waals surface area contributed by atoms with Gasteiger partial charge in [-0.2, -0.15) is 5.10 Å². The molecule has 0 unspecified atom stereocenters. The van der Waals surface area contributed by atoms with Gasteiger partial charge in [-0.1, -0.05) is 6.07 Å². The molecule has 1 aliphatic rings. The Bertz CT molecular complexity index is 1040. The van der Waals surface area contributed by atoms with Gasteiger partial charge in [0.2, 0.25) is 0 Å². The summed E-state index contributed by atoms with van der Waals surface area (Å²) in [6.07, 6.45) is 0.753. The molecule has 2 aromatic rings. The van der Waals surface area contributed by atoms with Crippen molar-refractivity contribution in [2.45, 2.75) is 71.1 Å². The number of ether oxygens (including phenoxy) is 2. The number of benzene rings is 1. The molecule has 0 aliphatic carbocycles. The van der Waals surface area contributed by atoms with E-state index in [9.17, 15) is 19.1 Å². The van der Waals surface area contributed by atoms with Crippen LogP contribution in [-0.4, -0.2) is 68.4 Å². The first-order valence-corrected chi connectivity index (χ1v) is 11.2. The number of nitrogens with zero attached hydrogens (tertiary/aromatic N) is 3. The van der Waals surface area contributed by atoms with Crippen LogP contribution >= 0.6 is 0 Å². The minimum Gasteiger partial charge on any atom is -0.486 e. The normalized spacial score (nSPS) is 19.1. The lowest BCUT2D eigenvalue weighted by Gasteiger charge is -2.35. The van der Waals surface area contributed by atoms with E-state index >= 15 is 0 Å². The van der Waals surface area contributed by atoms with Crippen LogP contribution < -0.4 is 10.5 Å². The number of amides is 2. The molecule has 10 heteroatoms. The number of hydrogen-bond donors (Lipinski definition) is 2. The van der Waals surface area contributed by atoms with Crippen LogP contribution in [0.2, 0.25) is 0 Å². The first-order valence-electron chi connectivity index (χ1n) is 11.2. The number of nitrogens with two attached hydrogens (primary N) is 1. The number of rotatable bonds is 6. The van der Waals surface area contributed by atoms with Crippen molar-refractivity contribution in [3.05, 3.63) is 36.2 Å². The van der Waals surface area contributed by atoms with Crippen LogP contribution in [0.5, 0.6) is 5.75 Å². The summed E-state index contributed by atoms with van der Waals surface area (Å²) in [6.45, 7) is 9.03. The summed E-state index contributed by atoms with van der Waals surface area (Å²) < 4.78 is 27.6. The maximum Gasteiger partial charge on any atom is 0.410 e. The van der Waals surface area contributed by atoms with Crippen molar-refractivity contribution < 1.29 is 28.6 Å². The van der Waals surface area contributed by atoms with E-state index in [4.69, 9.17) is 15.2 Å². The maximum atomic E-state index is 14.9. The van der Waals surface area contributed by atoms with Gasteiger partial charge in [0.25, 0.3) is 5.91 Å². The fourth-order valence-corrected chi connectivity index (χ4v) is 3.67. The number of carbonyl (C=O) groups excluding carboxylic acids is 2. The predicted octanol–water partition coefficient (Wildman–Crippen LogP) is 3.15. The van der Waals surface area contributed by atoms with E-state index in [1.54, 1.807) is 69.9 Å². The minimum absolute atomic E-state index is 0.120. The Kier molecular flexibility index (Phi) is 7.21. The summed E-state index contributed by atoms with van der Waals surface area (Å²) in [7, 11) is 0. The summed E-state index contributed by atoms with van der Waals surface area (Å²) in [6, 6.07) is 4.89. The summed E-state index contributed by atoms with van der Waals surface area (Å²) >= 11 is 0. The van der Waals surface area contributed by atoms with E-state index in [0.29, 0.717) is 12.1 Å². The molecule has 1 aromatic heterocycles. The third-order valence-electron chi connectivity index (χ3n) is 5.17. The number of likely N-dealkylation sites (tertiary alicyclic amines) is 1. The molecular weight excluding hydrogens is 443 g/mol. The van der Waals surface area contributed by atoms with Crippen LogP contribution in [0.1, 0.15) is 51.4 Å². The number of aliphatic hydroxyl groups is 1. The van der Waals surface area contributed by atoms with Gasteiger partial charge in [-0.05, 0) is 52.3 Å². The highest BCUT2D eigenvalue weighted by Gasteiger charge is 2.35. The zero-order valence-corrected chi connectivity index (χ0v) is 20.2. The smallest absolute Gasteiger partial charge is 0.410 e. The Morgan fingerprint density at radius 1 is 1.24 bits per heavy atom. The van der Waals surface area contributed by atoms with Gasteiger partial charge in [-0.15, -0.1) is 0 Å². The van der Waals surface area contributed by atoms with Gasteiger partial charge in [0.05, 0.1) is 30.5 Å². The molecule has 2 heterocycles. The maximum absolute atomic E-state index is 14.9. The zero-order valence-electron chi connectivity index (χ0n) is 20.2. The number of carbonyl (C=O) groups is 2. The first kappa shape index (κ1) is 25.5. The Labute approximate surface area is 198 Å².